The highest BCUT2D eigenvalue weighted by Crippen LogP contribution is 2.42. The number of rotatable bonds is 4. The molecule has 2 aromatic heterocycles. The lowest BCUT2D eigenvalue weighted by Crippen LogP contribution is -2.41. The number of nitrogens with two attached hydrogens (primary N) is 2. The molecule has 12 heteroatoms. The van der Waals surface area contributed by atoms with Crippen LogP contribution in [0.5, 0.6) is 0 Å². The molecule has 4 aromatic carbocycles. The third-order valence-electron chi connectivity index (χ3n) is 14.2. The Morgan fingerprint density at radius 3 is 1.61 bits per heavy atom. The minimum absolute atomic E-state index is 0.132. The first-order valence-electron chi connectivity index (χ1n) is 22.5. The Labute approximate surface area is 387 Å². The van der Waals surface area contributed by atoms with E-state index in [1.165, 1.54) is 5.52 Å². The van der Waals surface area contributed by atoms with Gasteiger partial charge >= 0.3 is 7.12 Å². The molecule has 2 saturated carbocycles. The summed E-state index contributed by atoms with van der Waals surface area (Å²) in [6, 6.07) is 20.9. The normalized spacial score (nSPS) is 21.4. The van der Waals surface area contributed by atoms with E-state index in [2.05, 4.69) is 100.0 Å². The Balaban J connectivity index is 0.000000148. The number of aliphatic hydroxyl groups is 2. The van der Waals surface area contributed by atoms with Crippen molar-refractivity contribution in [2.75, 3.05) is 11.5 Å². The van der Waals surface area contributed by atoms with Crippen LogP contribution in [0.3, 0.4) is 0 Å². The zero-order valence-corrected chi connectivity index (χ0v) is 40.1. The molecule has 6 N–H and O–H groups in total. The van der Waals surface area contributed by atoms with E-state index < -0.39 is 0 Å². The number of nitrogens with zero attached hydrogens (tertiary/aromatic N) is 4. The minimum Gasteiger partial charge on any atom is -0.399 e. The molecule has 64 heavy (non-hydrogen) atoms. The van der Waals surface area contributed by atoms with Gasteiger partial charge in [0.1, 0.15) is 0 Å². The quantitative estimate of drug-likeness (QED) is 0.0792. The number of nitrogen functional groups attached to an aromatic ring is 2. The second kappa shape index (κ2) is 18.8. The largest absolute Gasteiger partial charge is 0.495 e. The van der Waals surface area contributed by atoms with Crippen LogP contribution in [0.25, 0.3) is 42.6 Å². The van der Waals surface area contributed by atoms with E-state index in [1.54, 1.807) is 0 Å². The van der Waals surface area contributed by atoms with E-state index in [0.29, 0.717) is 17.8 Å². The summed E-state index contributed by atoms with van der Waals surface area (Å²) in [5.74, 6) is 0. The fourth-order valence-electron chi connectivity index (χ4n) is 9.31. The van der Waals surface area contributed by atoms with Gasteiger partial charge in [-0.3, -0.25) is 0 Å². The van der Waals surface area contributed by atoms with Gasteiger partial charge in [0.05, 0.1) is 36.6 Å². The number of aromatic nitrogens is 2. The molecular formula is C52H62BBrN6O4. The van der Waals surface area contributed by atoms with Gasteiger partial charge in [0, 0.05) is 62.3 Å². The van der Waals surface area contributed by atoms with Crippen LogP contribution in [0, 0.1) is 40.8 Å². The lowest BCUT2D eigenvalue weighted by Gasteiger charge is -2.32. The van der Waals surface area contributed by atoms with Crippen molar-refractivity contribution in [3.8, 4) is 11.1 Å². The third kappa shape index (κ3) is 9.36. The second-order valence-electron chi connectivity index (χ2n) is 19.0. The molecule has 0 spiro atoms. The molecule has 0 unspecified atom stereocenters. The van der Waals surface area contributed by atoms with Crippen LogP contribution in [0.2, 0.25) is 0 Å². The lowest BCUT2D eigenvalue weighted by molar-refractivity contribution is 0.00578. The molecule has 0 amide bonds. The topological polar surface area (TPSA) is 130 Å². The van der Waals surface area contributed by atoms with Crippen molar-refractivity contribution in [1.29, 1.82) is 0 Å². The van der Waals surface area contributed by atoms with Crippen LogP contribution in [-0.4, -0.2) is 49.9 Å². The summed E-state index contributed by atoms with van der Waals surface area (Å²) in [6.07, 6.45) is 11.5. The smallest absolute Gasteiger partial charge is 0.399 e. The van der Waals surface area contributed by atoms with Crippen molar-refractivity contribution in [2.45, 2.75) is 142 Å². The van der Waals surface area contributed by atoms with Crippen LogP contribution in [0.4, 0.5) is 22.7 Å². The van der Waals surface area contributed by atoms with Gasteiger partial charge in [0.15, 0.2) is 11.4 Å². The molecule has 10 nitrogen and oxygen atoms in total. The zero-order chi connectivity index (χ0) is 46.2. The molecule has 0 bridgehead atoms. The molecule has 1 saturated heterocycles. The van der Waals surface area contributed by atoms with E-state index in [0.717, 1.165) is 128 Å². The van der Waals surface area contributed by atoms with Gasteiger partial charge in [0.2, 0.25) is 0 Å². The summed E-state index contributed by atoms with van der Waals surface area (Å²) in [4.78, 5) is 7.29. The van der Waals surface area contributed by atoms with Gasteiger partial charge in [-0.2, -0.15) is 0 Å². The van der Waals surface area contributed by atoms with Gasteiger partial charge in [-0.15, -0.1) is 0 Å². The number of halogens is 1. The number of aryl methyl sites for hydroxylation is 2. The maximum Gasteiger partial charge on any atom is 0.495 e. The van der Waals surface area contributed by atoms with E-state index in [-0.39, 0.29) is 30.5 Å². The van der Waals surface area contributed by atoms with Gasteiger partial charge < -0.3 is 40.1 Å². The standard InChI is InChI=1S/C23H25N3O.C16H17BrN2O.C13H20BNO2/c1-14-11-23-19(12-22(14)25-3)20(18-5-4-6-21(24)15(18)2)13-26(23)16-7-9-17(27)10-8-16;1-10-7-16-13(8-15(10)18-2)14(17)9-19(16)11-3-5-12(20)6-4-11;1-9-10(7-6-8-11(9)15)14-16-12(2,3)13(4,5)17-14/h4-6,11-13,16-17,27H,7-10,24H2,1-2H3;7-9,11-12,20H,3-6H2,1H3;6-8H,15H2,1-5H3. The molecule has 2 aliphatic carbocycles. The summed E-state index contributed by atoms with van der Waals surface area (Å²) in [5, 5.41) is 21.8. The van der Waals surface area contributed by atoms with Crippen molar-refractivity contribution in [2.24, 2.45) is 0 Å². The summed E-state index contributed by atoms with van der Waals surface area (Å²) in [7, 11) is -0.330. The molecule has 3 heterocycles. The Bertz CT molecular complexity index is 2750. The summed E-state index contributed by atoms with van der Waals surface area (Å²) < 4.78 is 17.7. The Hall–Kier alpha value is -5.08. The highest BCUT2D eigenvalue weighted by molar-refractivity contribution is 9.10. The summed E-state index contributed by atoms with van der Waals surface area (Å²) in [5.41, 5.74) is 24.2. The lowest BCUT2D eigenvalue weighted by atomic mass is 9.76. The van der Waals surface area contributed by atoms with E-state index in [4.69, 9.17) is 33.9 Å². The number of anilines is 2. The molecule has 0 radical (unpaired) electrons. The van der Waals surface area contributed by atoms with Crippen molar-refractivity contribution in [1.82, 2.24) is 9.13 Å². The first-order valence-corrected chi connectivity index (χ1v) is 23.3. The molecule has 3 fully saturated rings. The fraction of sp³-hybridized carbons (Fsp3) is 0.423. The molecule has 1 aliphatic heterocycles. The second-order valence-corrected chi connectivity index (χ2v) is 19.8. The van der Waals surface area contributed by atoms with Crippen LogP contribution in [-0.2, 0) is 9.31 Å². The first kappa shape index (κ1) is 46.9. The molecule has 6 aromatic rings. The van der Waals surface area contributed by atoms with Gasteiger partial charge in [-0.1, -0.05) is 24.3 Å². The summed E-state index contributed by atoms with van der Waals surface area (Å²) >= 11 is 3.61. The van der Waals surface area contributed by atoms with E-state index >= 15 is 0 Å². The number of aliphatic hydroxyl groups excluding tert-OH is 2. The Morgan fingerprint density at radius 1 is 0.641 bits per heavy atom. The zero-order valence-electron chi connectivity index (χ0n) is 38.5. The predicted molar refractivity (Wildman–Crippen MR) is 266 cm³/mol. The molecule has 334 valence electrons. The minimum atomic E-state index is -0.330. The number of hydrogen-bond donors (Lipinski definition) is 4. The maximum absolute atomic E-state index is 9.89. The Kier molecular flexibility index (Phi) is 13.8. The summed E-state index contributed by atoms with van der Waals surface area (Å²) in [6.45, 7) is 31.0. The number of benzene rings is 4. The monoisotopic (exact) mass is 924 g/mol. The van der Waals surface area contributed by atoms with E-state index in [1.807, 2.05) is 63.2 Å². The maximum atomic E-state index is 9.89. The van der Waals surface area contributed by atoms with Crippen molar-refractivity contribution >= 4 is 73.1 Å². The third-order valence-corrected chi connectivity index (χ3v) is 14.8. The van der Waals surface area contributed by atoms with Crippen molar-refractivity contribution in [3.63, 3.8) is 0 Å². The molecule has 3 aliphatic rings. The molecule has 0 atom stereocenters. The van der Waals surface area contributed by atoms with Gasteiger partial charge in [0.25, 0.3) is 0 Å². The average molecular weight is 926 g/mol. The van der Waals surface area contributed by atoms with Crippen LogP contribution in [0.15, 0.2) is 77.5 Å². The van der Waals surface area contributed by atoms with E-state index in [9.17, 15) is 10.2 Å². The molecule has 9 rings (SSSR count). The van der Waals surface area contributed by atoms with Crippen LogP contribution in [0.1, 0.15) is 113 Å². The Morgan fingerprint density at radius 2 is 1.09 bits per heavy atom. The van der Waals surface area contributed by atoms with Crippen LogP contribution < -0.4 is 16.9 Å². The SMILES string of the molecule is Cc1c(N)cccc1B1OC(C)(C)C(C)(C)O1.[C-]#[N+]c1cc2c(-c3cccc(N)c3C)cn(C3CCC(O)CC3)c2cc1C.[C-]#[N+]c1cc2c(Br)cn(C3CCC(O)CC3)c2cc1C. The highest BCUT2D eigenvalue weighted by Gasteiger charge is 2.52. The average Bonchev–Trinajstić information content (AvgIpc) is 3.86. The molecular weight excluding hydrogens is 863 g/mol. The fourth-order valence-corrected chi connectivity index (χ4v) is 9.85. The van der Waals surface area contributed by atoms with Crippen LogP contribution >= 0.6 is 15.9 Å². The number of hydrogen-bond acceptors (Lipinski definition) is 6. The van der Waals surface area contributed by atoms with Gasteiger partial charge in [-0.05, 0) is 198 Å². The van der Waals surface area contributed by atoms with Crippen molar-refractivity contribution in [3.05, 3.63) is 123 Å². The number of fused-ring (bicyclic) bond motifs is 2. The highest BCUT2D eigenvalue weighted by atomic mass is 79.9. The van der Waals surface area contributed by atoms with Gasteiger partial charge in [-0.25, -0.2) is 9.69 Å². The predicted octanol–water partition coefficient (Wildman–Crippen LogP) is 12.1. The first-order chi connectivity index (χ1) is 30.3. The van der Waals surface area contributed by atoms with Crippen molar-refractivity contribution < 1.29 is 19.5 Å².